The fourth-order valence-corrected chi connectivity index (χ4v) is 9.84. The first kappa shape index (κ1) is 70.8. The van der Waals surface area contributed by atoms with E-state index in [1.54, 1.807) is 6.08 Å². The van der Waals surface area contributed by atoms with Gasteiger partial charge in [-0.05, 0) is 89.9 Å². The second-order valence-electron chi connectivity index (χ2n) is 22.1. The highest BCUT2D eigenvalue weighted by Gasteiger charge is 2.18. The first-order valence-electron chi connectivity index (χ1n) is 32.4. The Morgan fingerprint density at radius 1 is 0.384 bits per heavy atom. The summed E-state index contributed by atoms with van der Waals surface area (Å²) in [7, 11) is 0. The first-order chi connectivity index (χ1) is 36.0. The predicted molar refractivity (Wildman–Crippen MR) is 319 cm³/mol. The van der Waals surface area contributed by atoms with Gasteiger partial charge in [0.1, 0.15) is 0 Å². The van der Waals surface area contributed by atoms with Gasteiger partial charge in [-0.2, -0.15) is 0 Å². The number of ether oxygens (including phenoxy) is 1. The van der Waals surface area contributed by atoms with Crippen molar-refractivity contribution >= 4 is 11.9 Å². The average Bonchev–Trinajstić information content (AvgIpc) is 3.39. The molecule has 0 spiro atoms. The molecule has 0 bridgehead atoms. The number of carbonyl (C=O) groups is 2. The summed E-state index contributed by atoms with van der Waals surface area (Å²) in [4.78, 5) is 24.5. The second kappa shape index (κ2) is 62.4. The molecule has 3 N–H and O–H groups in total. The van der Waals surface area contributed by atoms with Crippen LogP contribution in [0.5, 0.6) is 0 Å². The Bertz CT molecular complexity index is 1230. The van der Waals surface area contributed by atoms with E-state index < -0.39 is 12.1 Å². The van der Waals surface area contributed by atoms with Gasteiger partial charge in [0.25, 0.3) is 0 Å². The molecule has 0 aromatic carbocycles. The van der Waals surface area contributed by atoms with Crippen LogP contribution in [0.15, 0.2) is 48.6 Å². The Morgan fingerprint density at radius 2 is 0.685 bits per heavy atom. The zero-order chi connectivity index (χ0) is 52.9. The molecule has 0 aromatic rings. The van der Waals surface area contributed by atoms with Crippen LogP contribution in [-0.2, 0) is 14.3 Å². The van der Waals surface area contributed by atoms with E-state index in [1.807, 2.05) is 6.08 Å². The number of hydrogen-bond acceptors (Lipinski definition) is 5. The lowest BCUT2D eigenvalue weighted by Crippen LogP contribution is -2.45. The Morgan fingerprint density at radius 3 is 1.05 bits per heavy atom. The Labute approximate surface area is 455 Å². The number of aliphatic hydroxyl groups excluding tert-OH is 2. The molecule has 0 aromatic heterocycles. The van der Waals surface area contributed by atoms with Crippen molar-refractivity contribution in [3.63, 3.8) is 0 Å². The summed E-state index contributed by atoms with van der Waals surface area (Å²) in [5, 5.41) is 23.0. The summed E-state index contributed by atoms with van der Waals surface area (Å²) < 4.78 is 5.49. The molecule has 0 aliphatic carbocycles. The van der Waals surface area contributed by atoms with Crippen LogP contribution in [0, 0.1) is 0 Å². The zero-order valence-corrected chi connectivity index (χ0v) is 48.9. The van der Waals surface area contributed by atoms with Gasteiger partial charge < -0.3 is 20.3 Å². The summed E-state index contributed by atoms with van der Waals surface area (Å²) in [6, 6.07) is -0.626. The molecule has 2 atom stereocenters. The minimum absolute atomic E-state index is 0.00521. The van der Waals surface area contributed by atoms with Gasteiger partial charge in [-0.3, -0.25) is 9.59 Å². The number of aliphatic hydroxyl groups is 2. The van der Waals surface area contributed by atoms with Gasteiger partial charge >= 0.3 is 5.97 Å². The lowest BCUT2D eigenvalue weighted by Gasteiger charge is -2.20. The molecule has 6 heteroatoms. The van der Waals surface area contributed by atoms with Crippen molar-refractivity contribution in [3.05, 3.63) is 48.6 Å². The van der Waals surface area contributed by atoms with Crippen LogP contribution in [0.25, 0.3) is 0 Å². The summed E-state index contributed by atoms with van der Waals surface area (Å²) >= 11 is 0. The fraction of sp³-hybridized carbons (Fsp3) is 0.851. The van der Waals surface area contributed by atoms with E-state index in [0.29, 0.717) is 19.4 Å². The molecule has 73 heavy (non-hydrogen) atoms. The van der Waals surface area contributed by atoms with Crippen LogP contribution in [0.3, 0.4) is 0 Å². The second-order valence-corrected chi connectivity index (χ2v) is 22.1. The third kappa shape index (κ3) is 58.9. The van der Waals surface area contributed by atoms with Crippen molar-refractivity contribution in [1.29, 1.82) is 0 Å². The molecule has 0 rings (SSSR count). The van der Waals surface area contributed by atoms with Crippen LogP contribution >= 0.6 is 0 Å². The molecule has 0 heterocycles. The maximum absolute atomic E-state index is 12.4. The van der Waals surface area contributed by atoms with Crippen molar-refractivity contribution in [2.75, 3.05) is 13.2 Å². The number of unbranched alkanes of at least 4 members (excludes halogenated alkanes) is 43. The zero-order valence-electron chi connectivity index (χ0n) is 48.9. The first-order valence-corrected chi connectivity index (χ1v) is 32.4. The van der Waals surface area contributed by atoms with Crippen molar-refractivity contribution in [1.82, 2.24) is 5.32 Å². The number of allylic oxidation sites excluding steroid dienone is 7. The summed E-state index contributed by atoms with van der Waals surface area (Å²) in [6.07, 6.45) is 80.4. The molecule has 0 saturated carbocycles. The molecule has 2 unspecified atom stereocenters. The topological polar surface area (TPSA) is 95.9 Å². The van der Waals surface area contributed by atoms with Gasteiger partial charge in [0.15, 0.2) is 0 Å². The number of rotatable bonds is 60. The van der Waals surface area contributed by atoms with Gasteiger partial charge in [0.05, 0.1) is 25.4 Å². The van der Waals surface area contributed by atoms with E-state index in [2.05, 4.69) is 55.6 Å². The van der Waals surface area contributed by atoms with E-state index in [-0.39, 0.29) is 18.5 Å². The van der Waals surface area contributed by atoms with Gasteiger partial charge in [-0.1, -0.05) is 287 Å². The largest absolute Gasteiger partial charge is 0.466 e. The fourth-order valence-electron chi connectivity index (χ4n) is 9.84. The molecule has 1 amide bonds. The van der Waals surface area contributed by atoms with E-state index in [9.17, 15) is 19.8 Å². The lowest BCUT2D eigenvalue weighted by molar-refractivity contribution is -0.143. The Hall–Kier alpha value is -2.18. The third-order valence-corrected chi connectivity index (χ3v) is 14.8. The number of amides is 1. The standard InChI is InChI=1S/C67H125NO5/c1-3-5-7-9-11-13-14-15-16-35-38-41-45-49-53-57-61-67(72)73-62-58-54-50-46-42-39-36-33-31-29-27-25-23-21-19-17-18-20-22-24-26-28-30-32-34-37-40-44-48-52-56-60-66(71)68-64(63-69)65(70)59-55-51-47-43-12-10-8-6-4-2/h16,19,21,25,27,35,55,59,64-65,69-70H,3-15,17-18,20,22-24,26,28-34,36-54,56-58,60-63H2,1-2H3,(H,68,71)/b21-19-,27-25-,35-16-,59-55+. The molecule has 0 aliphatic rings. The highest BCUT2D eigenvalue weighted by molar-refractivity contribution is 5.76. The van der Waals surface area contributed by atoms with Gasteiger partial charge in [-0.25, -0.2) is 0 Å². The molecule has 0 aliphatic heterocycles. The minimum atomic E-state index is -0.842. The number of carbonyl (C=O) groups excluding carboxylic acids is 2. The smallest absolute Gasteiger partial charge is 0.305 e. The lowest BCUT2D eigenvalue weighted by atomic mass is 10.0. The van der Waals surface area contributed by atoms with E-state index in [1.165, 1.54) is 263 Å². The predicted octanol–water partition coefficient (Wildman–Crippen LogP) is 20.5. The molecular weight excluding hydrogens is 899 g/mol. The molecule has 6 nitrogen and oxygen atoms in total. The summed E-state index contributed by atoms with van der Waals surface area (Å²) in [5.41, 5.74) is 0. The monoisotopic (exact) mass is 1020 g/mol. The van der Waals surface area contributed by atoms with Crippen LogP contribution in [0.1, 0.15) is 341 Å². The highest BCUT2D eigenvalue weighted by Crippen LogP contribution is 2.17. The number of esters is 1. The van der Waals surface area contributed by atoms with Crippen LogP contribution < -0.4 is 5.32 Å². The number of hydrogen-bond donors (Lipinski definition) is 3. The van der Waals surface area contributed by atoms with Gasteiger partial charge in [-0.15, -0.1) is 0 Å². The van der Waals surface area contributed by atoms with E-state index >= 15 is 0 Å². The molecular formula is C67H125NO5. The van der Waals surface area contributed by atoms with E-state index in [0.717, 1.165) is 51.4 Å². The quantitative estimate of drug-likeness (QED) is 0.0320. The molecule has 0 radical (unpaired) electrons. The number of nitrogens with one attached hydrogen (secondary N) is 1. The molecule has 428 valence electrons. The third-order valence-electron chi connectivity index (χ3n) is 14.8. The van der Waals surface area contributed by atoms with Crippen molar-refractivity contribution < 1.29 is 24.5 Å². The van der Waals surface area contributed by atoms with Gasteiger partial charge in [0.2, 0.25) is 5.91 Å². The van der Waals surface area contributed by atoms with Crippen molar-refractivity contribution in [3.8, 4) is 0 Å². The molecule has 0 fully saturated rings. The average molecular weight is 1020 g/mol. The summed E-state index contributed by atoms with van der Waals surface area (Å²) in [6.45, 7) is 4.88. The molecule has 0 saturated heterocycles. The van der Waals surface area contributed by atoms with E-state index in [4.69, 9.17) is 4.74 Å². The van der Waals surface area contributed by atoms with Crippen LogP contribution in [0.4, 0.5) is 0 Å². The van der Waals surface area contributed by atoms with Crippen LogP contribution in [0.2, 0.25) is 0 Å². The SMILES string of the molecule is CCCCCCCCC/C=C\CCCCCCCC(=O)OCCCCCCCCCCC/C=C\C/C=C\CCCCCCCCCCCCCCCCCC(=O)NC(CO)C(O)/C=C/CCCCCCCCC. The van der Waals surface area contributed by atoms with Gasteiger partial charge in [0, 0.05) is 12.8 Å². The maximum atomic E-state index is 12.4. The van der Waals surface area contributed by atoms with Crippen molar-refractivity contribution in [2.24, 2.45) is 0 Å². The van der Waals surface area contributed by atoms with Crippen LogP contribution in [-0.4, -0.2) is 47.4 Å². The normalized spacial score (nSPS) is 12.9. The maximum Gasteiger partial charge on any atom is 0.305 e. The highest BCUT2D eigenvalue weighted by atomic mass is 16.5. The Balaban J connectivity index is 3.38. The summed E-state index contributed by atoms with van der Waals surface area (Å²) in [5.74, 6) is -0.0647. The minimum Gasteiger partial charge on any atom is -0.466 e. The van der Waals surface area contributed by atoms with Crippen molar-refractivity contribution in [2.45, 2.75) is 353 Å². The Kier molecular flexibility index (Phi) is 60.5.